The van der Waals surface area contributed by atoms with Crippen LogP contribution in [0.15, 0.2) is 0 Å². The van der Waals surface area contributed by atoms with E-state index in [0.717, 1.165) is 18.5 Å². The number of nitrogens with zero attached hydrogens (tertiary/aromatic N) is 1. The summed E-state index contributed by atoms with van der Waals surface area (Å²) in [4.78, 5) is 16.7. The van der Waals surface area contributed by atoms with Gasteiger partial charge in [0.25, 0.3) is 0 Å². The zero-order valence-corrected chi connectivity index (χ0v) is 10.8. The molecule has 0 amide bonds. The molecule has 15 heavy (non-hydrogen) atoms. The Bertz CT molecular complexity index is 341. The summed E-state index contributed by atoms with van der Waals surface area (Å²) in [5.74, 6) is 0.907. The van der Waals surface area contributed by atoms with Crippen LogP contribution in [0, 0.1) is 12.8 Å². The molecule has 2 nitrogen and oxygen atoms in total. The Labute approximate surface area is 95.7 Å². The third kappa shape index (κ3) is 4.12. The van der Waals surface area contributed by atoms with Crippen LogP contribution in [-0.4, -0.2) is 10.8 Å². The highest BCUT2D eigenvalue weighted by Gasteiger charge is 2.09. The summed E-state index contributed by atoms with van der Waals surface area (Å²) >= 11 is 1.77. The fourth-order valence-corrected chi connectivity index (χ4v) is 2.73. The third-order valence-corrected chi connectivity index (χ3v) is 3.46. The highest BCUT2D eigenvalue weighted by molar-refractivity contribution is 7.11. The normalized spacial score (nSPS) is 11.0. The maximum absolute atomic E-state index is 10.9. The van der Waals surface area contributed by atoms with Crippen molar-refractivity contribution in [1.29, 1.82) is 0 Å². The maximum atomic E-state index is 10.9. The molecule has 3 heteroatoms. The van der Waals surface area contributed by atoms with Crippen LogP contribution in [0.3, 0.4) is 0 Å². The molecule has 0 unspecified atom stereocenters. The fourth-order valence-electron chi connectivity index (χ4n) is 1.45. The fraction of sp³-hybridized carbons (Fsp3) is 0.667. The van der Waals surface area contributed by atoms with Crippen LogP contribution in [0.5, 0.6) is 0 Å². The molecule has 0 aromatic carbocycles. The van der Waals surface area contributed by atoms with Crippen molar-refractivity contribution in [3.05, 3.63) is 15.6 Å². The van der Waals surface area contributed by atoms with E-state index >= 15 is 0 Å². The highest BCUT2D eigenvalue weighted by atomic mass is 32.1. The van der Waals surface area contributed by atoms with Crippen LogP contribution in [0.25, 0.3) is 0 Å². The molecule has 0 atom stereocenters. The molecule has 1 rings (SSSR count). The van der Waals surface area contributed by atoms with Crippen molar-refractivity contribution >= 4 is 17.1 Å². The Morgan fingerprint density at radius 2 is 2.13 bits per heavy atom. The van der Waals surface area contributed by atoms with Crippen molar-refractivity contribution in [2.24, 2.45) is 5.92 Å². The molecule has 0 saturated heterocycles. The molecular formula is C12H19NOS. The maximum Gasteiger partial charge on any atom is 0.130 e. The Morgan fingerprint density at radius 3 is 2.67 bits per heavy atom. The predicted molar refractivity (Wildman–Crippen MR) is 64.4 cm³/mol. The van der Waals surface area contributed by atoms with E-state index in [9.17, 15) is 4.79 Å². The van der Waals surface area contributed by atoms with E-state index in [2.05, 4.69) is 18.8 Å². The topological polar surface area (TPSA) is 30.0 Å². The van der Waals surface area contributed by atoms with Gasteiger partial charge in [-0.2, -0.15) is 0 Å². The average molecular weight is 225 g/mol. The van der Waals surface area contributed by atoms with E-state index in [1.54, 1.807) is 18.3 Å². The summed E-state index contributed by atoms with van der Waals surface area (Å²) < 4.78 is 0. The van der Waals surface area contributed by atoms with E-state index in [1.165, 1.54) is 9.88 Å². The zero-order chi connectivity index (χ0) is 11.4. The SMILES string of the molecule is CC(=O)CCc1sc(CC(C)C)nc1C. The first-order valence-corrected chi connectivity index (χ1v) is 6.25. The molecule has 0 fully saturated rings. The number of thiazole rings is 1. The molecule has 0 radical (unpaired) electrons. The molecule has 1 aromatic heterocycles. The number of ketones is 1. The lowest BCUT2D eigenvalue weighted by Crippen LogP contribution is -1.93. The van der Waals surface area contributed by atoms with Gasteiger partial charge in [0.2, 0.25) is 0 Å². The number of hydrogen-bond acceptors (Lipinski definition) is 3. The van der Waals surface area contributed by atoms with E-state index in [4.69, 9.17) is 0 Å². The smallest absolute Gasteiger partial charge is 0.130 e. The second-order valence-corrected chi connectivity index (χ2v) is 5.58. The highest BCUT2D eigenvalue weighted by Crippen LogP contribution is 2.22. The van der Waals surface area contributed by atoms with E-state index < -0.39 is 0 Å². The van der Waals surface area contributed by atoms with E-state index in [1.807, 2.05) is 6.92 Å². The first-order chi connectivity index (χ1) is 6.99. The third-order valence-electron chi connectivity index (χ3n) is 2.22. The van der Waals surface area contributed by atoms with Crippen molar-refractivity contribution < 1.29 is 4.79 Å². The Hall–Kier alpha value is -0.700. The van der Waals surface area contributed by atoms with Crippen LogP contribution >= 0.6 is 11.3 Å². The van der Waals surface area contributed by atoms with Crippen molar-refractivity contribution in [2.75, 3.05) is 0 Å². The lowest BCUT2D eigenvalue weighted by atomic mass is 10.1. The van der Waals surface area contributed by atoms with Gasteiger partial charge in [-0.1, -0.05) is 13.8 Å². The minimum absolute atomic E-state index is 0.258. The summed E-state index contributed by atoms with van der Waals surface area (Å²) in [6, 6.07) is 0. The van der Waals surface area contributed by atoms with Crippen molar-refractivity contribution in [1.82, 2.24) is 4.98 Å². The van der Waals surface area contributed by atoms with Crippen molar-refractivity contribution in [3.63, 3.8) is 0 Å². The van der Waals surface area contributed by atoms with Gasteiger partial charge in [0.1, 0.15) is 5.78 Å². The van der Waals surface area contributed by atoms with Gasteiger partial charge in [-0.3, -0.25) is 0 Å². The van der Waals surface area contributed by atoms with Gasteiger partial charge in [-0.25, -0.2) is 4.98 Å². The van der Waals surface area contributed by atoms with Crippen LogP contribution < -0.4 is 0 Å². The lowest BCUT2D eigenvalue weighted by molar-refractivity contribution is -0.116. The molecule has 0 spiro atoms. The summed E-state index contributed by atoms with van der Waals surface area (Å²) in [5.41, 5.74) is 1.11. The molecule has 0 bridgehead atoms. The number of aryl methyl sites for hydroxylation is 2. The number of Topliss-reactive ketones (excluding diaryl/α,β-unsaturated/α-hetero) is 1. The number of aromatic nitrogens is 1. The second-order valence-electron chi connectivity index (χ2n) is 4.42. The monoisotopic (exact) mass is 225 g/mol. The summed E-state index contributed by atoms with van der Waals surface area (Å²) in [7, 11) is 0. The van der Waals surface area contributed by atoms with Gasteiger partial charge in [0.15, 0.2) is 0 Å². The summed E-state index contributed by atoms with van der Waals surface area (Å²) in [6.07, 6.45) is 2.55. The predicted octanol–water partition coefficient (Wildman–Crippen LogP) is 3.17. The molecule has 1 aromatic rings. The largest absolute Gasteiger partial charge is 0.300 e. The number of rotatable bonds is 5. The molecule has 1 heterocycles. The molecule has 84 valence electrons. The summed E-state index contributed by atoms with van der Waals surface area (Å²) in [5, 5.41) is 1.21. The van der Waals surface area contributed by atoms with Crippen LogP contribution in [0.4, 0.5) is 0 Å². The van der Waals surface area contributed by atoms with Gasteiger partial charge < -0.3 is 4.79 Å². The number of carbonyl (C=O) groups excluding carboxylic acids is 1. The quantitative estimate of drug-likeness (QED) is 0.770. The van der Waals surface area contributed by atoms with Crippen molar-refractivity contribution in [2.45, 2.75) is 47.0 Å². The van der Waals surface area contributed by atoms with Crippen LogP contribution in [0.2, 0.25) is 0 Å². The molecule has 0 aliphatic heterocycles. The van der Waals surface area contributed by atoms with E-state index in [-0.39, 0.29) is 5.78 Å². The minimum Gasteiger partial charge on any atom is -0.300 e. The number of carbonyl (C=O) groups is 1. The average Bonchev–Trinajstić information content (AvgIpc) is 2.41. The lowest BCUT2D eigenvalue weighted by Gasteiger charge is -1.98. The minimum atomic E-state index is 0.258. The number of hydrogen-bond donors (Lipinski definition) is 0. The molecule has 0 aliphatic rings. The van der Waals surface area contributed by atoms with Gasteiger partial charge in [0, 0.05) is 17.7 Å². The standard InChI is InChI=1S/C12H19NOS/c1-8(2)7-12-13-10(4)11(15-12)6-5-9(3)14/h8H,5-7H2,1-4H3. The molecule has 0 N–H and O–H groups in total. The Morgan fingerprint density at radius 1 is 1.47 bits per heavy atom. The van der Waals surface area contributed by atoms with Gasteiger partial charge >= 0.3 is 0 Å². The van der Waals surface area contributed by atoms with Gasteiger partial charge in [0.05, 0.1) is 10.7 Å². The second kappa shape index (κ2) is 5.40. The molecule has 0 aliphatic carbocycles. The van der Waals surface area contributed by atoms with E-state index in [0.29, 0.717) is 12.3 Å². The van der Waals surface area contributed by atoms with Crippen molar-refractivity contribution in [3.8, 4) is 0 Å². The Kier molecular flexibility index (Phi) is 4.45. The Balaban J connectivity index is 2.64. The van der Waals surface area contributed by atoms with Crippen LogP contribution in [-0.2, 0) is 17.6 Å². The molecule has 0 saturated carbocycles. The van der Waals surface area contributed by atoms with Crippen LogP contribution in [0.1, 0.15) is 42.8 Å². The summed E-state index contributed by atoms with van der Waals surface area (Å²) in [6.45, 7) is 8.08. The first kappa shape index (κ1) is 12.4. The van der Waals surface area contributed by atoms with Gasteiger partial charge in [-0.05, 0) is 26.2 Å². The first-order valence-electron chi connectivity index (χ1n) is 5.43. The zero-order valence-electron chi connectivity index (χ0n) is 9.96. The van der Waals surface area contributed by atoms with Gasteiger partial charge in [-0.15, -0.1) is 11.3 Å². The molecular weight excluding hydrogens is 206 g/mol.